The third-order valence-electron chi connectivity index (χ3n) is 6.09. The maximum absolute atomic E-state index is 12.9. The van der Waals surface area contributed by atoms with Gasteiger partial charge in [-0.15, -0.1) is 0 Å². The number of halogens is 1. The number of aromatic amines is 1. The van der Waals surface area contributed by atoms with Crippen LogP contribution in [0, 0.1) is 0 Å². The SMILES string of the molecule is COc1nc(N(C)C)ccc1-c1cc2c(C(=O)NO[C@@H]3CO[C@H]4[C@@H]3OC[C@H]4O)c[nH]c2cc1Cl. The molecule has 1 amide bonds. The molecule has 2 aromatic heterocycles. The van der Waals surface area contributed by atoms with Crippen molar-refractivity contribution in [1.29, 1.82) is 0 Å². The lowest BCUT2D eigenvalue weighted by molar-refractivity contribution is -0.0710. The Morgan fingerprint density at radius 2 is 2.03 bits per heavy atom. The second-order valence-electron chi connectivity index (χ2n) is 8.45. The molecule has 0 aliphatic carbocycles. The Hall–Kier alpha value is -2.89. The van der Waals surface area contributed by atoms with Crippen LogP contribution in [0.15, 0.2) is 30.5 Å². The van der Waals surface area contributed by atoms with E-state index in [1.54, 1.807) is 19.4 Å². The van der Waals surface area contributed by atoms with Gasteiger partial charge in [-0.1, -0.05) is 11.6 Å². The van der Waals surface area contributed by atoms with Gasteiger partial charge in [-0.3, -0.25) is 9.63 Å². The number of hydrogen-bond donors (Lipinski definition) is 3. The number of H-pyrrole nitrogens is 1. The average Bonchev–Trinajstić information content (AvgIpc) is 3.53. The van der Waals surface area contributed by atoms with Gasteiger partial charge in [-0.2, -0.15) is 4.98 Å². The molecule has 2 fully saturated rings. The maximum Gasteiger partial charge on any atom is 0.277 e. The van der Waals surface area contributed by atoms with Gasteiger partial charge >= 0.3 is 0 Å². The highest BCUT2D eigenvalue weighted by molar-refractivity contribution is 6.34. The Balaban J connectivity index is 1.41. The molecule has 0 bridgehead atoms. The van der Waals surface area contributed by atoms with Crippen LogP contribution in [0.2, 0.25) is 5.02 Å². The first-order valence-corrected chi connectivity index (χ1v) is 11.2. The third-order valence-corrected chi connectivity index (χ3v) is 6.40. The summed E-state index contributed by atoms with van der Waals surface area (Å²) in [6.07, 6.45) is -0.468. The van der Waals surface area contributed by atoms with Crippen molar-refractivity contribution in [3.8, 4) is 17.0 Å². The van der Waals surface area contributed by atoms with Gasteiger partial charge in [0.15, 0.2) is 0 Å². The Morgan fingerprint density at radius 3 is 2.79 bits per heavy atom. The van der Waals surface area contributed by atoms with Gasteiger partial charge in [-0.25, -0.2) is 5.48 Å². The zero-order valence-corrected chi connectivity index (χ0v) is 19.6. The second kappa shape index (κ2) is 9.05. The Bertz CT molecular complexity index is 1230. The molecule has 4 atom stereocenters. The van der Waals surface area contributed by atoms with E-state index < -0.39 is 30.3 Å². The molecule has 10 nitrogen and oxygen atoms in total. The van der Waals surface area contributed by atoms with Gasteiger partial charge in [-0.05, 0) is 24.3 Å². The number of anilines is 1. The fraction of sp³-hybridized carbons (Fsp3) is 0.391. The van der Waals surface area contributed by atoms with Gasteiger partial charge < -0.3 is 29.2 Å². The van der Waals surface area contributed by atoms with Crippen LogP contribution >= 0.6 is 11.6 Å². The smallest absolute Gasteiger partial charge is 0.277 e. The van der Waals surface area contributed by atoms with Crippen LogP contribution in [-0.2, 0) is 14.3 Å². The number of benzene rings is 1. The van der Waals surface area contributed by atoms with Crippen LogP contribution < -0.4 is 15.1 Å². The lowest BCUT2D eigenvalue weighted by atomic mass is 10.0. The number of rotatable bonds is 6. The predicted octanol–water partition coefficient (Wildman–Crippen LogP) is 2.15. The second-order valence-corrected chi connectivity index (χ2v) is 8.86. The first-order chi connectivity index (χ1) is 16.4. The molecule has 11 heteroatoms. The number of aliphatic hydroxyl groups is 1. The van der Waals surface area contributed by atoms with Crippen molar-refractivity contribution < 1.29 is 28.9 Å². The highest BCUT2D eigenvalue weighted by Gasteiger charge is 2.48. The number of pyridine rings is 1. The minimum absolute atomic E-state index is 0.183. The first-order valence-electron chi connectivity index (χ1n) is 10.8. The lowest BCUT2D eigenvalue weighted by Crippen LogP contribution is -2.38. The van der Waals surface area contributed by atoms with Crippen molar-refractivity contribution >= 4 is 34.2 Å². The predicted molar refractivity (Wildman–Crippen MR) is 125 cm³/mol. The van der Waals surface area contributed by atoms with E-state index in [2.05, 4.69) is 15.4 Å². The Kier molecular flexibility index (Phi) is 6.09. The molecule has 180 valence electrons. The maximum atomic E-state index is 12.9. The number of nitrogens with zero attached hydrogens (tertiary/aromatic N) is 2. The molecule has 2 saturated heterocycles. The fourth-order valence-electron chi connectivity index (χ4n) is 4.31. The van der Waals surface area contributed by atoms with Crippen molar-refractivity contribution in [1.82, 2.24) is 15.4 Å². The normalized spacial score (nSPS) is 23.8. The summed E-state index contributed by atoms with van der Waals surface area (Å²) in [4.78, 5) is 28.0. The van der Waals surface area contributed by atoms with Crippen molar-refractivity contribution in [2.24, 2.45) is 0 Å². The molecule has 0 unspecified atom stereocenters. The molecular weight excluding hydrogens is 464 g/mol. The molecule has 34 heavy (non-hydrogen) atoms. The largest absolute Gasteiger partial charge is 0.480 e. The molecule has 0 spiro atoms. The van der Waals surface area contributed by atoms with Gasteiger partial charge in [0.1, 0.15) is 30.2 Å². The summed E-state index contributed by atoms with van der Waals surface area (Å²) >= 11 is 6.58. The number of amides is 1. The van der Waals surface area contributed by atoms with Crippen LogP contribution in [0.25, 0.3) is 22.0 Å². The number of aliphatic hydroxyl groups excluding tert-OH is 1. The summed E-state index contributed by atoms with van der Waals surface area (Å²) in [5.74, 6) is 0.731. The van der Waals surface area contributed by atoms with Crippen LogP contribution in [0.1, 0.15) is 10.4 Å². The van der Waals surface area contributed by atoms with E-state index in [-0.39, 0.29) is 13.2 Å². The van der Waals surface area contributed by atoms with E-state index >= 15 is 0 Å². The number of hydrogen-bond acceptors (Lipinski definition) is 8. The minimum atomic E-state index is -0.690. The zero-order valence-electron chi connectivity index (χ0n) is 18.9. The molecular formula is C23H25ClN4O6. The summed E-state index contributed by atoms with van der Waals surface area (Å²) in [7, 11) is 5.34. The number of ether oxygens (including phenoxy) is 3. The zero-order chi connectivity index (χ0) is 24.0. The molecule has 2 aliphatic rings. The van der Waals surface area contributed by atoms with Crippen LogP contribution in [-0.4, -0.2) is 79.8 Å². The van der Waals surface area contributed by atoms with E-state index in [4.69, 9.17) is 30.6 Å². The minimum Gasteiger partial charge on any atom is -0.480 e. The van der Waals surface area contributed by atoms with Crippen LogP contribution in [0.5, 0.6) is 5.88 Å². The molecule has 0 radical (unpaired) electrons. The van der Waals surface area contributed by atoms with Gasteiger partial charge in [0.2, 0.25) is 5.88 Å². The number of methoxy groups -OCH3 is 1. The number of nitrogens with one attached hydrogen (secondary N) is 2. The van der Waals surface area contributed by atoms with E-state index in [9.17, 15) is 9.90 Å². The number of aromatic nitrogens is 2. The molecule has 3 aromatic rings. The van der Waals surface area contributed by atoms with Gasteiger partial charge in [0.05, 0.1) is 30.9 Å². The fourth-order valence-corrected chi connectivity index (χ4v) is 4.57. The molecule has 4 heterocycles. The highest BCUT2D eigenvalue weighted by Crippen LogP contribution is 2.38. The molecule has 0 saturated carbocycles. The Labute approximate surface area is 200 Å². The van der Waals surface area contributed by atoms with E-state index in [0.717, 1.165) is 5.82 Å². The summed E-state index contributed by atoms with van der Waals surface area (Å²) < 4.78 is 16.6. The summed E-state index contributed by atoms with van der Waals surface area (Å²) in [6.45, 7) is 0.402. The lowest BCUT2D eigenvalue weighted by Gasteiger charge is -2.16. The number of hydroxylamine groups is 1. The van der Waals surface area contributed by atoms with Crippen molar-refractivity contribution in [3.05, 3.63) is 41.0 Å². The summed E-state index contributed by atoms with van der Waals surface area (Å²) in [6, 6.07) is 7.33. The van der Waals surface area contributed by atoms with E-state index in [1.807, 2.05) is 37.2 Å². The summed E-state index contributed by atoms with van der Waals surface area (Å²) in [5, 5.41) is 11.0. The quantitative estimate of drug-likeness (QED) is 0.452. The van der Waals surface area contributed by atoms with Gasteiger partial charge in [0.25, 0.3) is 5.91 Å². The van der Waals surface area contributed by atoms with Crippen molar-refractivity contribution in [3.63, 3.8) is 0 Å². The standard InChI is InChI=1S/C23H25ClN4O6/c1-28(2)19-5-4-11(23(26-19)31-3)12-6-13-14(8-25-16(13)7-15(12)24)22(30)27-34-18-10-33-20-17(29)9-32-21(18)20/h4-8,17-18,20-21,25,29H,9-10H2,1-3H3,(H,27,30)/t17-,18-,20-,21-/m1/s1. The van der Waals surface area contributed by atoms with Crippen molar-refractivity contribution in [2.75, 3.05) is 39.3 Å². The monoisotopic (exact) mass is 488 g/mol. The van der Waals surface area contributed by atoms with Gasteiger partial charge in [0, 0.05) is 42.3 Å². The highest BCUT2D eigenvalue weighted by atomic mass is 35.5. The molecule has 3 N–H and O–H groups in total. The molecule has 1 aromatic carbocycles. The summed E-state index contributed by atoms with van der Waals surface area (Å²) in [5.41, 5.74) is 4.95. The van der Waals surface area contributed by atoms with E-state index in [0.29, 0.717) is 38.5 Å². The Morgan fingerprint density at radius 1 is 1.24 bits per heavy atom. The van der Waals surface area contributed by atoms with Crippen molar-refractivity contribution in [2.45, 2.75) is 24.4 Å². The number of carbonyl (C=O) groups excluding carboxylic acids is 1. The van der Waals surface area contributed by atoms with E-state index in [1.165, 1.54) is 0 Å². The first kappa shape index (κ1) is 22.9. The topological polar surface area (TPSA) is 118 Å². The third kappa shape index (κ3) is 3.97. The number of carbonyl (C=O) groups is 1. The molecule has 5 rings (SSSR count). The number of fused-ring (bicyclic) bond motifs is 2. The van der Waals surface area contributed by atoms with Crippen LogP contribution in [0.4, 0.5) is 5.82 Å². The molecule has 2 aliphatic heterocycles. The average molecular weight is 489 g/mol. The van der Waals surface area contributed by atoms with Crippen LogP contribution in [0.3, 0.4) is 0 Å².